The molecule has 2 rings (SSSR count). The first-order valence-electron chi connectivity index (χ1n) is 22.6. The number of hydrogen-bond donors (Lipinski definition) is 1. The van der Waals surface area contributed by atoms with E-state index in [2.05, 4.69) is 40.7 Å². The van der Waals surface area contributed by atoms with Gasteiger partial charge in [0.2, 0.25) is 0 Å². The second kappa shape index (κ2) is 30.6. The van der Waals surface area contributed by atoms with Gasteiger partial charge in [0.05, 0.1) is 13.2 Å². The molecule has 0 saturated heterocycles. The van der Waals surface area contributed by atoms with Crippen molar-refractivity contribution in [2.45, 2.75) is 195 Å². The number of nitrogens with zero attached hydrogens (tertiary/aromatic N) is 1. The number of carbonyl (C=O) groups excluding carboxylic acids is 2. The van der Waals surface area contributed by atoms with Gasteiger partial charge in [-0.05, 0) is 96.1 Å². The molecule has 1 N–H and O–H groups in total. The Morgan fingerprint density at radius 3 is 1.78 bits per heavy atom. The number of phosphoric ester groups is 1. The summed E-state index contributed by atoms with van der Waals surface area (Å²) in [6, 6.07) is 2.21. The lowest BCUT2D eigenvalue weighted by Gasteiger charge is -2.20. The fourth-order valence-corrected chi connectivity index (χ4v) is 7.73. The van der Waals surface area contributed by atoms with Crippen molar-refractivity contribution < 1.29 is 46.4 Å². The molecule has 11 nitrogen and oxygen atoms in total. The standard InChI is InChI=1S/C46H80NO10P/c1-8-10-21-27-40-34-37(3)42(55-40)28-22-17-13-11-12-14-20-25-31-46(49)56-41(36-54-58(50,51)53-33-32-47(6)7)35-52-45(48)30-24-19-16-15-18-23-29-44-39(5)38(4)43(57-44)26-9-2/h34,41H,8-33,35-36H2,1-7H3,(H,50,51)/t41-/m1/s1. The lowest BCUT2D eigenvalue weighted by Crippen LogP contribution is -2.29. The van der Waals surface area contributed by atoms with Crippen molar-refractivity contribution in [3.63, 3.8) is 0 Å². The Balaban J connectivity index is 1.63. The Bertz CT molecular complexity index is 1450. The van der Waals surface area contributed by atoms with E-state index in [1.54, 1.807) is 0 Å². The van der Waals surface area contributed by atoms with Crippen LogP contribution in [-0.4, -0.2) is 68.3 Å². The van der Waals surface area contributed by atoms with Gasteiger partial charge in [0.15, 0.2) is 6.10 Å². The highest BCUT2D eigenvalue weighted by Gasteiger charge is 2.26. The summed E-state index contributed by atoms with van der Waals surface area (Å²) in [4.78, 5) is 37.3. The van der Waals surface area contributed by atoms with E-state index < -0.39 is 32.5 Å². The average molecular weight is 838 g/mol. The van der Waals surface area contributed by atoms with Crippen molar-refractivity contribution in [2.75, 3.05) is 40.5 Å². The lowest BCUT2D eigenvalue weighted by atomic mass is 10.0. The highest BCUT2D eigenvalue weighted by Crippen LogP contribution is 2.43. The number of carbonyl (C=O) groups is 2. The average Bonchev–Trinajstić information content (AvgIpc) is 3.66. The fraction of sp³-hybridized carbons (Fsp3) is 0.783. The molecule has 0 aliphatic rings. The van der Waals surface area contributed by atoms with Crippen molar-refractivity contribution in [3.05, 3.63) is 45.8 Å². The van der Waals surface area contributed by atoms with E-state index in [0.717, 1.165) is 113 Å². The van der Waals surface area contributed by atoms with Crippen molar-refractivity contribution >= 4 is 19.8 Å². The second-order valence-electron chi connectivity index (χ2n) is 16.4. The zero-order chi connectivity index (χ0) is 42.6. The Kier molecular flexibility index (Phi) is 27.3. The first-order valence-corrected chi connectivity index (χ1v) is 24.1. The van der Waals surface area contributed by atoms with Crippen LogP contribution in [0.2, 0.25) is 0 Å². The number of likely N-dealkylation sites (N-methyl/N-ethyl adjacent to an activating group) is 1. The van der Waals surface area contributed by atoms with E-state index in [1.165, 1.54) is 55.2 Å². The molecule has 0 aliphatic heterocycles. The van der Waals surface area contributed by atoms with Gasteiger partial charge in [-0.3, -0.25) is 18.6 Å². The minimum atomic E-state index is -4.39. The van der Waals surface area contributed by atoms with Gasteiger partial charge in [-0.15, -0.1) is 0 Å². The van der Waals surface area contributed by atoms with E-state index in [0.29, 0.717) is 19.4 Å². The van der Waals surface area contributed by atoms with Crippen LogP contribution in [-0.2, 0) is 58.4 Å². The highest BCUT2D eigenvalue weighted by molar-refractivity contribution is 7.47. The molecule has 0 spiro atoms. The molecule has 12 heteroatoms. The summed E-state index contributed by atoms with van der Waals surface area (Å²) in [6.07, 6.45) is 22.5. The second-order valence-corrected chi connectivity index (χ2v) is 17.8. The summed E-state index contributed by atoms with van der Waals surface area (Å²) in [6.45, 7) is 10.6. The molecule has 58 heavy (non-hydrogen) atoms. The van der Waals surface area contributed by atoms with Crippen LogP contribution in [0.4, 0.5) is 0 Å². The molecule has 2 heterocycles. The third-order valence-corrected chi connectivity index (χ3v) is 11.7. The highest BCUT2D eigenvalue weighted by atomic mass is 31.2. The van der Waals surface area contributed by atoms with Crippen molar-refractivity contribution in [1.29, 1.82) is 0 Å². The van der Waals surface area contributed by atoms with E-state index >= 15 is 0 Å². The van der Waals surface area contributed by atoms with Gasteiger partial charge in [0.1, 0.15) is 29.6 Å². The quantitative estimate of drug-likeness (QED) is 0.0399. The van der Waals surface area contributed by atoms with E-state index in [-0.39, 0.29) is 26.1 Å². The van der Waals surface area contributed by atoms with Crippen LogP contribution in [0.1, 0.15) is 182 Å². The van der Waals surface area contributed by atoms with Gasteiger partial charge in [0.25, 0.3) is 0 Å². The van der Waals surface area contributed by atoms with Gasteiger partial charge in [0, 0.05) is 45.1 Å². The molecule has 0 bridgehead atoms. The molecular formula is C46H80NO10P. The summed E-state index contributed by atoms with van der Waals surface area (Å²) < 4.78 is 45.8. The number of hydrogen-bond acceptors (Lipinski definition) is 10. The zero-order valence-electron chi connectivity index (χ0n) is 37.5. The lowest BCUT2D eigenvalue weighted by molar-refractivity contribution is -0.161. The van der Waals surface area contributed by atoms with Gasteiger partial charge >= 0.3 is 19.8 Å². The van der Waals surface area contributed by atoms with Crippen LogP contribution in [0, 0.1) is 20.8 Å². The molecule has 0 aromatic carbocycles. The Hall–Kier alpha value is -2.43. The topological polar surface area (TPSA) is 138 Å². The number of rotatable bonds is 36. The maximum absolute atomic E-state index is 12.7. The maximum atomic E-state index is 12.7. The number of ether oxygens (including phenoxy) is 2. The third kappa shape index (κ3) is 23.4. The Morgan fingerprint density at radius 1 is 0.655 bits per heavy atom. The fourth-order valence-electron chi connectivity index (χ4n) is 6.98. The first kappa shape index (κ1) is 51.7. The van der Waals surface area contributed by atoms with Crippen LogP contribution in [0.3, 0.4) is 0 Å². The van der Waals surface area contributed by atoms with Gasteiger partial charge in [-0.1, -0.05) is 90.9 Å². The van der Waals surface area contributed by atoms with E-state index in [4.69, 9.17) is 27.4 Å². The molecule has 0 fully saturated rings. The summed E-state index contributed by atoms with van der Waals surface area (Å²) >= 11 is 0. The Labute approximate surface area is 351 Å². The van der Waals surface area contributed by atoms with E-state index in [9.17, 15) is 19.0 Å². The minimum absolute atomic E-state index is 0.00584. The summed E-state index contributed by atoms with van der Waals surface area (Å²) in [5.74, 6) is 3.66. The summed E-state index contributed by atoms with van der Waals surface area (Å²) in [7, 11) is -0.748. The minimum Gasteiger partial charge on any atom is -0.466 e. The molecule has 334 valence electrons. The van der Waals surface area contributed by atoms with Crippen LogP contribution in [0.5, 0.6) is 0 Å². The van der Waals surface area contributed by atoms with Crippen LogP contribution in [0.25, 0.3) is 0 Å². The predicted octanol–water partition coefficient (Wildman–Crippen LogP) is 11.7. The number of phosphoric acid groups is 1. The molecule has 2 atom stereocenters. The van der Waals surface area contributed by atoms with Gasteiger partial charge in [-0.2, -0.15) is 0 Å². The van der Waals surface area contributed by atoms with Crippen LogP contribution >= 0.6 is 7.82 Å². The summed E-state index contributed by atoms with van der Waals surface area (Å²) in [5.41, 5.74) is 3.86. The van der Waals surface area contributed by atoms with Gasteiger partial charge < -0.3 is 28.1 Å². The predicted molar refractivity (Wildman–Crippen MR) is 231 cm³/mol. The van der Waals surface area contributed by atoms with Crippen molar-refractivity contribution in [1.82, 2.24) is 4.90 Å². The first-order chi connectivity index (χ1) is 27.8. The SMILES string of the molecule is CCCCCc1cc(C)c(CCCCCCCCCCC(=O)O[C@H](COC(=O)CCCCCCCCc2oc(CCC)c(C)c2C)COP(=O)(O)OCCN(C)C)o1. The third-order valence-electron chi connectivity index (χ3n) is 10.7. The van der Waals surface area contributed by atoms with Crippen molar-refractivity contribution in [3.8, 4) is 0 Å². The van der Waals surface area contributed by atoms with Crippen LogP contribution in [0.15, 0.2) is 14.9 Å². The molecule has 1 unspecified atom stereocenters. The van der Waals surface area contributed by atoms with Gasteiger partial charge in [-0.25, -0.2) is 4.57 Å². The molecular weight excluding hydrogens is 757 g/mol. The molecule has 0 radical (unpaired) electrons. The smallest absolute Gasteiger partial charge is 0.466 e. The Morgan fingerprint density at radius 2 is 1.19 bits per heavy atom. The number of unbranched alkanes of at least 4 members (excludes halogenated alkanes) is 14. The number of esters is 2. The van der Waals surface area contributed by atoms with Crippen molar-refractivity contribution in [2.24, 2.45) is 0 Å². The van der Waals surface area contributed by atoms with E-state index in [1.807, 2.05) is 19.0 Å². The number of aryl methyl sites for hydroxylation is 5. The molecule has 0 amide bonds. The molecule has 0 saturated carbocycles. The normalized spacial score (nSPS) is 13.3. The molecule has 0 aliphatic carbocycles. The molecule has 2 aromatic heterocycles. The van der Waals surface area contributed by atoms with Crippen LogP contribution < -0.4 is 0 Å². The molecule has 2 aromatic rings. The largest absolute Gasteiger partial charge is 0.472 e. The zero-order valence-corrected chi connectivity index (χ0v) is 38.4. The number of furan rings is 2. The summed E-state index contributed by atoms with van der Waals surface area (Å²) in [5, 5.41) is 0. The monoisotopic (exact) mass is 838 g/mol. The maximum Gasteiger partial charge on any atom is 0.472 e.